The maximum absolute atomic E-state index is 8.80. The highest BCUT2D eigenvalue weighted by Gasteiger charge is 2.14. The molecule has 1 aromatic carbocycles. The van der Waals surface area contributed by atoms with Crippen LogP contribution in [0.25, 0.3) is 0 Å². The summed E-state index contributed by atoms with van der Waals surface area (Å²) >= 11 is 2.02. The van der Waals surface area contributed by atoms with Crippen molar-refractivity contribution in [2.24, 2.45) is 0 Å². The third-order valence-electron chi connectivity index (χ3n) is 2.65. The van der Waals surface area contributed by atoms with Crippen molar-refractivity contribution in [2.45, 2.75) is 18.9 Å². The van der Waals surface area contributed by atoms with E-state index in [0.29, 0.717) is 6.04 Å². The van der Waals surface area contributed by atoms with Crippen molar-refractivity contribution in [2.75, 3.05) is 23.4 Å². The molecule has 0 radical (unpaired) electrons. The quantitative estimate of drug-likeness (QED) is 0.820. The second-order valence-corrected chi connectivity index (χ2v) is 5.03. The Bertz CT molecular complexity index is 293. The third kappa shape index (κ3) is 3.14. The van der Waals surface area contributed by atoms with E-state index in [2.05, 4.69) is 29.6 Å². The number of benzene rings is 1. The van der Waals surface area contributed by atoms with Crippen LogP contribution in [0.4, 0.5) is 5.69 Å². The van der Waals surface area contributed by atoms with Crippen LogP contribution in [0, 0.1) is 0 Å². The number of hydrogen-bond donors (Lipinski definition) is 2. The molecular weight excluding hydrogens is 206 g/mol. The molecule has 1 aromatic rings. The number of hydrogen-bond acceptors (Lipinski definition) is 3. The van der Waals surface area contributed by atoms with Crippen molar-refractivity contribution in [1.29, 1.82) is 0 Å². The van der Waals surface area contributed by atoms with Crippen molar-refractivity contribution >= 4 is 17.4 Å². The van der Waals surface area contributed by atoms with E-state index in [0.717, 1.165) is 6.42 Å². The molecule has 1 aliphatic rings. The monoisotopic (exact) mass is 223 g/mol. The lowest BCUT2D eigenvalue weighted by atomic mass is 10.1. The molecular formula is C12H17NOS. The fourth-order valence-corrected chi connectivity index (χ4v) is 2.93. The number of rotatable bonds is 4. The van der Waals surface area contributed by atoms with Crippen LogP contribution in [0.3, 0.4) is 0 Å². The second kappa shape index (κ2) is 5.42. The molecule has 0 bridgehead atoms. The van der Waals surface area contributed by atoms with Gasteiger partial charge in [0.15, 0.2) is 0 Å². The van der Waals surface area contributed by atoms with Gasteiger partial charge in [0.25, 0.3) is 0 Å². The Morgan fingerprint density at radius 1 is 1.33 bits per heavy atom. The van der Waals surface area contributed by atoms with E-state index in [-0.39, 0.29) is 6.61 Å². The summed E-state index contributed by atoms with van der Waals surface area (Å²) in [5.41, 5.74) is 2.40. The number of nitrogens with one attached hydrogen (secondary N) is 1. The van der Waals surface area contributed by atoms with E-state index in [4.69, 9.17) is 5.11 Å². The molecule has 1 saturated heterocycles. The van der Waals surface area contributed by atoms with Gasteiger partial charge < -0.3 is 10.4 Å². The van der Waals surface area contributed by atoms with Crippen molar-refractivity contribution in [1.82, 2.24) is 0 Å². The van der Waals surface area contributed by atoms with Gasteiger partial charge in [0, 0.05) is 24.1 Å². The van der Waals surface area contributed by atoms with Gasteiger partial charge in [-0.15, -0.1) is 0 Å². The molecule has 0 aromatic heterocycles. The van der Waals surface area contributed by atoms with Gasteiger partial charge in [-0.2, -0.15) is 11.8 Å². The first kappa shape index (κ1) is 10.8. The Hall–Kier alpha value is -0.670. The molecule has 1 aliphatic heterocycles. The number of anilines is 1. The lowest BCUT2D eigenvalue weighted by Crippen LogP contribution is -2.17. The first-order valence-electron chi connectivity index (χ1n) is 5.42. The van der Waals surface area contributed by atoms with Crippen molar-refractivity contribution in [3.05, 3.63) is 29.8 Å². The Morgan fingerprint density at radius 3 is 2.73 bits per heavy atom. The summed E-state index contributed by atoms with van der Waals surface area (Å²) in [7, 11) is 0. The highest BCUT2D eigenvalue weighted by Crippen LogP contribution is 2.21. The largest absolute Gasteiger partial charge is 0.396 e. The highest BCUT2D eigenvalue weighted by atomic mass is 32.2. The summed E-state index contributed by atoms with van der Waals surface area (Å²) in [5.74, 6) is 2.50. The van der Waals surface area contributed by atoms with Crippen LogP contribution in [-0.2, 0) is 6.42 Å². The maximum atomic E-state index is 8.80. The van der Waals surface area contributed by atoms with E-state index in [1.807, 2.05) is 11.8 Å². The minimum atomic E-state index is 0.228. The third-order valence-corrected chi connectivity index (χ3v) is 3.82. The maximum Gasteiger partial charge on any atom is 0.0471 e. The molecule has 0 saturated carbocycles. The Kier molecular flexibility index (Phi) is 3.92. The molecule has 82 valence electrons. The molecule has 1 fully saturated rings. The van der Waals surface area contributed by atoms with E-state index in [1.54, 1.807) is 0 Å². The summed E-state index contributed by atoms with van der Waals surface area (Å²) in [5, 5.41) is 12.3. The molecule has 0 spiro atoms. The van der Waals surface area contributed by atoms with Crippen molar-refractivity contribution in [3.8, 4) is 0 Å². The van der Waals surface area contributed by atoms with Gasteiger partial charge in [-0.25, -0.2) is 0 Å². The van der Waals surface area contributed by atoms with Crippen LogP contribution in [0.5, 0.6) is 0 Å². The fraction of sp³-hybridized carbons (Fsp3) is 0.500. The van der Waals surface area contributed by atoms with Crippen LogP contribution in [0.15, 0.2) is 24.3 Å². The van der Waals surface area contributed by atoms with Gasteiger partial charge in [-0.1, -0.05) is 12.1 Å². The zero-order chi connectivity index (χ0) is 10.5. The van der Waals surface area contributed by atoms with E-state index in [9.17, 15) is 0 Å². The zero-order valence-electron chi connectivity index (χ0n) is 8.78. The SMILES string of the molecule is OCCc1ccc(N[C@H]2CCSC2)cc1. The van der Waals surface area contributed by atoms with Crippen LogP contribution in [-0.4, -0.2) is 29.3 Å². The molecule has 15 heavy (non-hydrogen) atoms. The molecule has 0 unspecified atom stereocenters. The topological polar surface area (TPSA) is 32.3 Å². The summed E-state index contributed by atoms with van der Waals surface area (Å²) in [6.07, 6.45) is 2.02. The number of aliphatic hydroxyl groups excluding tert-OH is 1. The predicted molar refractivity (Wildman–Crippen MR) is 66.6 cm³/mol. The summed E-state index contributed by atoms with van der Waals surface area (Å²) in [6, 6.07) is 9.02. The van der Waals surface area contributed by atoms with Crippen LogP contribution < -0.4 is 5.32 Å². The fourth-order valence-electron chi connectivity index (χ4n) is 1.78. The predicted octanol–water partition coefficient (Wildman–Crippen LogP) is 2.14. The average molecular weight is 223 g/mol. The Labute approximate surface area is 95.1 Å². The molecule has 2 nitrogen and oxygen atoms in total. The number of aliphatic hydroxyl groups is 1. The minimum absolute atomic E-state index is 0.228. The Balaban J connectivity index is 1.91. The summed E-state index contributed by atoms with van der Waals surface area (Å²) in [4.78, 5) is 0. The second-order valence-electron chi connectivity index (χ2n) is 3.88. The van der Waals surface area contributed by atoms with Crippen LogP contribution >= 0.6 is 11.8 Å². The molecule has 1 heterocycles. The van der Waals surface area contributed by atoms with Crippen LogP contribution in [0.2, 0.25) is 0 Å². The standard InChI is InChI=1S/C12H17NOS/c14-7-5-10-1-3-11(4-2-10)13-12-6-8-15-9-12/h1-4,12-14H,5-9H2/t12-/m0/s1. The zero-order valence-corrected chi connectivity index (χ0v) is 9.59. The normalized spacial score (nSPS) is 20.5. The number of thioether (sulfide) groups is 1. The molecule has 2 N–H and O–H groups in total. The average Bonchev–Trinajstić information content (AvgIpc) is 2.74. The molecule has 3 heteroatoms. The van der Waals surface area contributed by atoms with Gasteiger partial charge in [0.2, 0.25) is 0 Å². The van der Waals surface area contributed by atoms with Gasteiger partial charge in [0.1, 0.15) is 0 Å². The lowest BCUT2D eigenvalue weighted by Gasteiger charge is -2.12. The van der Waals surface area contributed by atoms with Crippen molar-refractivity contribution in [3.63, 3.8) is 0 Å². The molecule has 1 atom stereocenters. The van der Waals surface area contributed by atoms with Crippen LogP contribution in [0.1, 0.15) is 12.0 Å². The van der Waals surface area contributed by atoms with E-state index < -0.39 is 0 Å². The Morgan fingerprint density at radius 2 is 2.13 bits per heavy atom. The van der Waals surface area contributed by atoms with E-state index in [1.165, 1.54) is 29.2 Å². The molecule has 0 aliphatic carbocycles. The molecule has 2 rings (SSSR count). The smallest absolute Gasteiger partial charge is 0.0471 e. The highest BCUT2D eigenvalue weighted by molar-refractivity contribution is 7.99. The van der Waals surface area contributed by atoms with Gasteiger partial charge in [-0.3, -0.25) is 0 Å². The van der Waals surface area contributed by atoms with Gasteiger partial charge in [-0.05, 0) is 36.3 Å². The first-order chi connectivity index (χ1) is 7.38. The van der Waals surface area contributed by atoms with Gasteiger partial charge >= 0.3 is 0 Å². The minimum Gasteiger partial charge on any atom is -0.396 e. The molecule has 0 amide bonds. The lowest BCUT2D eigenvalue weighted by molar-refractivity contribution is 0.299. The summed E-state index contributed by atoms with van der Waals surface area (Å²) < 4.78 is 0. The van der Waals surface area contributed by atoms with Gasteiger partial charge in [0.05, 0.1) is 0 Å². The van der Waals surface area contributed by atoms with E-state index >= 15 is 0 Å². The summed E-state index contributed by atoms with van der Waals surface area (Å²) in [6.45, 7) is 0.228. The van der Waals surface area contributed by atoms with Crippen molar-refractivity contribution < 1.29 is 5.11 Å². The first-order valence-corrected chi connectivity index (χ1v) is 6.58.